The van der Waals surface area contributed by atoms with Crippen molar-refractivity contribution in [2.24, 2.45) is 5.73 Å². The average Bonchev–Trinajstić information content (AvgIpc) is 2.11. The molecule has 3 N–H and O–H groups in total. The van der Waals surface area contributed by atoms with Crippen molar-refractivity contribution in [3.63, 3.8) is 0 Å². The van der Waals surface area contributed by atoms with E-state index < -0.39 is 0 Å². The van der Waals surface area contributed by atoms with Crippen molar-refractivity contribution >= 4 is 0 Å². The molecule has 0 aliphatic carbocycles. The lowest BCUT2D eigenvalue weighted by Crippen LogP contribution is -2.31. The van der Waals surface area contributed by atoms with Gasteiger partial charge in [0.15, 0.2) is 0 Å². The second-order valence-corrected chi connectivity index (χ2v) is 3.87. The molecule has 0 bridgehead atoms. The molecule has 0 aliphatic heterocycles. The fraction of sp³-hybridized carbons (Fsp3) is 1.00. The molecule has 0 aromatic heterocycles. The lowest BCUT2D eigenvalue weighted by molar-refractivity contribution is 0.519. The molecule has 1 unspecified atom stereocenters. The van der Waals surface area contributed by atoms with Crippen LogP contribution in [0.2, 0.25) is 0 Å². The molecule has 0 saturated heterocycles. The van der Waals surface area contributed by atoms with Crippen LogP contribution < -0.4 is 11.1 Å². The van der Waals surface area contributed by atoms with Gasteiger partial charge in [-0.2, -0.15) is 0 Å². The highest BCUT2D eigenvalue weighted by Crippen LogP contribution is 2.07. The summed E-state index contributed by atoms with van der Waals surface area (Å²) >= 11 is 0. The van der Waals surface area contributed by atoms with Crippen molar-refractivity contribution in [3.8, 4) is 0 Å². The number of rotatable bonds is 9. The zero-order valence-electron chi connectivity index (χ0n) is 9.31. The molecule has 13 heavy (non-hydrogen) atoms. The molecule has 0 amide bonds. The van der Waals surface area contributed by atoms with Gasteiger partial charge in [0.05, 0.1) is 0 Å². The van der Waals surface area contributed by atoms with Crippen molar-refractivity contribution in [2.75, 3.05) is 13.6 Å². The van der Waals surface area contributed by atoms with Gasteiger partial charge in [-0.25, -0.2) is 0 Å². The van der Waals surface area contributed by atoms with Crippen molar-refractivity contribution < 1.29 is 0 Å². The van der Waals surface area contributed by atoms with Crippen LogP contribution in [0.15, 0.2) is 0 Å². The fourth-order valence-corrected chi connectivity index (χ4v) is 1.55. The van der Waals surface area contributed by atoms with E-state index >= 15 is 0 Å². The third-order valence-electron chi connectivity index (χ3n) is 2.39. The lowest BCUT2D eigenvalue weighted by atomic mass is 10.1. The summed E-state index contributed by atoms with van der Waals surface area (Å²) in [5.41, 5.74) is 5.86. The topological polar surface area (TPSA) is 38.0 Å². The molecule has 0 rings (SSSR count). The standard InChI is InChI=1S/C11H26N2/c1-3-4-5-6-7-8-9-11(12)10-13-2/h11,13H,3-10,12H2,1-2H3. The number of nitrogens with one attached hydrogen (secondary N) is 1. The van der Waals surface area contributed by atoms with Crippen LogP contribution in [0.25, 0.3) is 0 Å². The predicted octanol–water partition coefficient (Wildman–Crippen LogP) is 2.28. The Labute approximate surface area is 83.3 Å². The highest BCUT2D eigenvalue weighted by atomic mass is 14.9. The van der Waals surface area contributed by atoms with Gasteiger partial charge in [-0.3, -0.25) is 0 Å². The molecule has 0 aromatic carbocycles. The van der Waals surface area contributed by atoms with Crippen molar-refractivity contribution in [2.45, 2.75) is 57.9 Å². The van der Waals surface area contributed by atoms with Gasteiger partial charge in [-0.1, -0.05) is 45.4 Å². The van der Waals surface area contributed by atoms with Gasteiger partial charge in [-0.05, 0) is 13.5 Å². The normalized spacial score (nSPS) is 13.2. The van der Waals surface area contributed by atoms with Crippen LogP contribution in [0, 0.1) is 0 Å². The van der Waals surface area contributed by atoms with Crippen LogP contribution in [0.4, 0.5) is 0 Å². The maximum absolute atomic E-state index is 5.86. The van der Waals surface area contributed by atoms with E-state index in [0.717, 1.165) is 6.54 Å². The quantitative estimate of drug-likeness (QED) is 0.542. The summed E-state index contributed by atoms with van der Waals surface area (Å²) in [6.45, 7) is 3.21. The first-order valence-electron chi connectivity index (χ1n) is 5.71. The SMILES string of the molecule is CCCCCCCCC(N)CNC. The Kier molecular flexibility index (Phi) is 9.94. The summed E-state index contributed by atoms with van der Waals surface area (Å²) in [7, 11) is 1.96. The average molecular weight is 186 g/mol. The van der Waals surface area contributed by atoms with Gasteiger partial charge in [0.2, 0.25) is 0 Å². The zero-order chi connectivity index (χ0) is 9.94. The highest BCUT2D eigenvalue weighted by molar-refractivity contribution is 4.62. The summed E-state index contributed by atoms with van der Waals surface area (Å²) in [6.07, 6.45) is 9.34. The Bertz CT molecular complexity index is 94.1. The first kappa shape index (κ1) is 12.9. The minimum atomic E-state index is 0.358. The number of nitrogens with two attached hydrogens (primary N) is 1. The van der Waals surface area contributed by atoms with Crippen molar-refractivity contribution in [1.82, 2.24) is 5.32 Å². The summed E-state index contributed by atoms with van der Waals surface area (Å²) in [5, 5.41) is 3.10. The van der Waals surface area contributed by atoms with Gasteiger partial charge >= 0.3 is 0 Å². The van der Waals surface area contributed by atoms with Crippen LogP contribution in [0.1, 0.15) is 51.9 Å². The van der Waals surface area contributed by atoms with E-state index in [1.165, 1.54) is 44.9 Å². The Hall–Kier alpha value is -0.0800. The van der Waals surface area contributed by atoms with Gasteiger partial charge in [0, 0.05) is 12.6 Å². The summed E-state index contributed by atoms with van der Waals surface area (Å²) in [4.78, 5) is 0. The van der Waals surface area contributed by atoms with Gasteiger partial charge < -0.3 is 11.1 Å². The lowest BCUT2D eigenvalue weighted by Gasteiger charge is -2.09. The Morgan fingerprint density at radius 2 is 1.69 bits per heavy atom. The molecule has 0 saturated carbocycles. The van der Waals surface area contributed by atoms with Gasteiger partial charge in [-0.15, -0.1) is 0 Å². The molecule has 2 nitrogen and oxygen atoms in total. The molecular formula is C11H26N2. The maximum Gasteiger partial charge on any atom is 0.0165 e. The first-order valence-corrected chi connectivity index (χ1v) is 5.71. The zero-order valence-corrected chi connectivity index (χ0v) is 9.31. The molecule has 1 atom stereocenters. The van der Waals surface area contributed by atoms with Crippen LogP contribution in [0.3, 0.4) is 0 Å². The summed E-state index contributed by atoms with van der Waals surface area (Å²) in [5.74, 6) is 0. The van der Waals surface area contributed by atoms with Crippen molar-refractivity contribution in [3.05, 3.63) is 0 Å². The number of hydrogen-bond acceptors (Lipinski definition) is 2. The number of hydrogen-bond donors (Lipinski definition) is 2. The van der Waals surface area contributed by atoms with Crippen LogP contribution in [-0.2, 0) is 0 Å². The molecule has 0 aromatic rings. The fourth-order valence-electron chi connectivity index (χ4n) is 1.55. The Morgan fingerprint density at radius 3 is 2.31 bits per heavy atom. The maximum atomic E-state index is 5.86. The molecule has 80 valence electrons. The molecule has 2 heteroatoms. The second-order valence-electron chi connectivity index (χ2n) is 3.87. The third kappa shape index (κ3) is 9.84. The molecule has 0 radical (unpaired) electrons. The van der Waals surface area contributed by atoms with E-state index in [-0.39, 0.29) is 0 Å². The Morgan fingerprint density at radius 1 is 1.08 bits per heavy atom. The van der Waals surface area contributed by atoms with Crippen molar-refractivity contribution in [1.29, 1.82) is 0 Å². The largest absolute Gasteiger partial charge is 0.327 e. The molecule has 0 fully saturated rings. The Balaban J connectivity index is 2.97. The minimum absolute atomic E-state index is 0.358. The summed E-state index contributed by atoms with van der Waals surface area (Å²) < 4.78 is 0. The molecule has 0 aliphatic rings. The second kappa shape index (κ2) is 10.0. The van der Waals surface area contributed by atoms with E-state index in [1.54, 1.807) is 0 Å². The smallest absolute Gasteiger partial charge is 0.0165 e. The minimum Gasteiger partial charge on any atom is -0.327 e. The van der Waals surface area contributed by atoms with Crippen LogP contribution in [-0.4, -0.2) is 19.6 Å². The van der Waals surface area contributed by atoms with E-state index in [9.17, 15) is 0 Å². The van der Waals surface area contributed by atoms with Crippen LogP contribution in [0.5, 0.6) is 0 Å². The van der Waals surface area contributed by atoms with Crippen LogP contribution >= 0.6 is 0 Å². The molecule has 0 heterocycles. The van der Waals surface area contributed by atoms with Gasteiger partial charge in [0.25, 0.3) is 0 Å². The highest BCUT2D eigenvalue weighted by Gasteiger charge is 1.99. The predicted molar refractivity (Wildman–Crippen MR) is 59.9 cm³/mol. The third-order valence-corrected chi connectivity index (χ3v) is 2.39. The van der Waals surface area contributed by atoms with E-state index in [1.807, 2.05) is 7.05 Å². The van der Waals surface area contributed by atoms with E-state index in [4.69, 9.17) is 5.73 Å². The molecule has 0 spiro atoms. The first-order chi connectivity index (χ1) is 6.31. The number of unbranched alkanes of at least 4 members (excludes halogenated alkanes) is 5. The monoisotopic (exact) mass is 186 g/mol. The van der Waals surface area contributed by atoms with E-state index in [0.29, 0.717) is 6.04 Å². The molecular weight excluding hydrogens is 160 g/mol. The van der Waals surface area contributed by atoms with E-state index in [2.05, 4.69) is 12.2 Å². The number of likely N-dealkylation sites (N-methyl/N-ethyl adjacent to an activating group) is 1. The summed E-state index contributed by atoms with van der Waals surface area (Å²) in [6, 6.07) is 0.358. The van der Waals surface area contributed by atoms with Gasteiger partial charge in [0.1, 0.15) is 0 Å².